The molecule has 0 aliphatic heterocycles. The minimum absolute atomic E-state index is 0. The smallest absolute Gasteiger partial charge is 0.508 e. The zero-order valence-corrected chi connectivity index (χ0v) is 22.3. The van der Waals surface area contributed by atoms with Gasteiger partial charge in [-0.15, -0.1) is 0 Å². The summed E-state index contributed by atoms with van der Waals surface area (Å²) in [7, 11) is 0. The molecule has 0 heterocycles. The Morgan fingerprint density at radius 3 is 1.16 bits per heavy atom. The molecule has 4 rings (SSSR count). The Bertz CT molecular complexity index is 832. The molecule has 0 radical (unpaired) electrons. The molecule has 162 valence electrons. The Balaban J connectivity index is 0.000000384. The molecular formula is C26H28Cl2O2Zr. The third-order valence-corrected chi connectivity index (χ3v) is 4.34. The number of benzene rings is 2. The Kier molecular flexibility index (Phi) is 15.3. The van der Waals surface area contributed by atoms with Crippen LogP contribution in [0.3, 0.4) is 0 Å². The first-order valence-electron chi connectivity index (χ1n) is 9.57. The van der Waals surface area contributed by atoms with Crippen molar-refractivity contribution in [3.05, 3.63) is 105 Å². The molecule has 0 aromatic heterocycles. The molecule has 2 aliphatic carbocycles. The number of halogens is 2. The van der Waals surface area contributed by atoms with Crippen molar-refractivity contribution in [3.63, 3.8) is 0 Å². The SMILES string of the molecule is CC1=[C-]C(C)=CC1.CC1=[C-]C(C)=CC1.Oc1cccc(Cl)c1.Oc1cccc(Cl)c1.[Zr+2]. The number of hydrogen-bond donors (Lipinski definition) is 2. The van der Waals surface area contributed by atoms with Crippen molar-refractivity contribution in [2.75, 3.05) is 0 Å². The summed E-state index contributed by atoms with van der Waals surface area (Å²) in [5.41, 5.74) is 5.30. The predicted octanol–water partition coefficient (Wildman–Crippen LogP) is 8.26. The van der Waals surface area contributed by atoms with Crippen molar-refractivity contribution in [1.29, 1.82) is 0 Å². The van der Waals surface area contributed by atoms with Gasteiger partial charge in [0.15, 0.2) is 0 Å². The molecule has 0 saturated heterocycles. The van der Waals surface area contributed by atoms with Gasteiger partial charge in [-0.3, -0.25) is 12.2 Å². The second-order valence-corrected chi connectivity index (χ2v) is 7.83. The quantitative estimate of drug-likeness (QED) is 0.334. The van der Waals surface area contributed by atoms with Crippen LogP contribution in [0.1, 0.15) is 40.5 Å². The zero-order valence-electron chi connectivity index (χ0n) is 18.3. The molecule has 31 heavy (non-hydrogen) atoms. The van der Waals surface area contributed by atoms with Crippen molar-refractivity contribution in [2.24, 2.45) is 0 Å². The summed E-state index contributed by atoms with van der Waals surface area (Å²) in [5.74, 6) is 0.412. The number of allylic oxidation sites excluding steroid dienone is 8. The molecule has 0 amide bonds. The Labute approximate surface area is 215 Å². The van der Waals surface area contributed by atoms with Crippen LogP contribution in [0.5, 0.6) is 11.5 Å². The first-order chi connectivity index (χ1) is 14.2. The largest absolute Gasteiger partial charge is 2.00 e. The van der Waals surface area contributed by atoms with Gasteiger partial charge in [0.25, 0.3) is 0 Å². The van der Waals surface area contributed by atoms with E-state index in [4.69, 9.17) is 33.4 Å². The van der Waals surface area contributed by atoms with Crippen LogP contribution < -0.4 is 0 Å². The molecule has 5 heteroatoms. The molecule has 2 aromatic rings. The molecule has 0 unspecified atom stereocenters. The third kappa shape index (κ3) is 15.0. The van der Waals surface area contributed by atoms with E-state index in [9.17, 15) is 0 Å². The van der Waals surface area contributed by atoms with E-state index in [1.54, 1.807) is 36.4 Å². The van der Waals surface area contributed by atoms with Crippen molar-refractivity contribution >= 4 is 23.2 Å². The van der Waals surface area contributed by atoms with Crippen LogP contribution in [0, 0.1) is 12.2 Å². The van der Waals surface area contributed by atoms with Gasteiger partial charge >= 0.3 is 26.2 Å². The monoisotopic (exact) mass is 532 g/mol. The maximum absolute atomic E-state index is 8.73. The summed E-state index contributed by atoms with van der Waals surface area (Å²) >= 11 is 11.0. The summed E-state index contributed by atoms with van der Waals surface area (Å²) in [6.45, 7) is 8.37. The fourth-order valence-electron chi connectivity index (χ4n) is 2.44. The van der Waals surface area contributed by atoms with Crippen LogP contribution in [-0.2, 0) is 26.2 Å². The topological polar surface area (TPSA) is 40.5 Å². The number of rotatable bonds is 0. The van der Waals surface area contributed by atoms with Gasteiger partial charge in [0.2, 0.25) is 0 Å². The molecule has 0 bridgehead atoms. The van der Waals surface area contributed by atoms with E-state index >= 15 is 0 Å². The molecule has 0 atom stereocenters. The second-order valence-electron chi connectivity index (χ2n) is 6.95. The summed E-state index contributed by atoms with van der Waals surface area (Å²) in [6.07, 6.45) is 13.0. The van der Waals surface area contributed by atoms with E-state index in [0.717, 1.165) is 12.8 Å². The first kappa shape index (κ1) is 29.5. The second kappa shape index (κ2) is 16.1. The average molecular weight is 535 g/mol. The fourth-order valence-corrected chi connectivity index (χ4v) is 2.81. The zero-order chi connectivity index (χ0) is 22.5. The van der Waals surface area contributed by atoms with E-state index in [1.165, 1.54) is 34.4 Å². The summed E-state index contributed by atoms with van der Waals surface area (Å²) in [4.78, 5) is 0. The van der Waals surface area contributed by atoms with Crippen LogP contribution in [0.2, 0.25) is 10.0 Å². The van der Waals surface area contributed by atoms with Crippen LogP contribution >= 0.6 is 23.2 Å². The molecule has 0 saturated carbocycles. The average Bonchev–Trinajstić information content (AvgIpc) is 3.22. The predicted molar refractivity (Wildman–Crippen MR) is 128 cm³/mol. The van der Waals surface area contributed by atoms with Gasteiger partial charge in [-0.1, -0.05) is 75.9 Å². The van der Waals surface area contributed by atoms with E-state index in [1.807, 2.05) is 0 Å². The minimum atomic E-state index is 0. The Morgan fingerprint density at radius 1 is 0.677 bits per heavy atom. The molecule has 2 N–H and O–H groups in total. The standard InChI is InChI=1S/2C7H9.2C6H5ClO.Zr/c2*1-6-3-4-7(2)5-6;2*7-5-2-1-3-6(8)4-5;/h2*3H,4H2,1-2H3;2*1-4,8H;/q2*-1;;;+2. The van der Waals surface area contributed by atoms with Crippen molar-refractivity contribution < 1.29 is 36.4 Å². The third-order valence-electron chi connectivity index (χ3n) is 3.87. The Hall–Kier alpha value is -1.54. The number of aromatic hydroxyl groups is 2. The van der Waals surface area contributed by atoms with Gasteiger partial charge in [0.1, 0.15) is 11.5 Å². The van der Waals surface area contributed by atoms with Gasteiger partial charge in [-0.2, -0.15) is 11.1 Å². The number of phenols is 2. The molecule has 2 nitrogen and oxygen atoms in total. The van der Waals surface area contributed by atoms with Crippen LogP contribution in [0.25, 0.3) is 0 Å². The van der Waals surface area contributed by atoms with Gasteiger partial charge in [-0.25, -0.2) is 23.3 Å². The molecule has 0 spiro atoms. The maximum Gasteiger partial charge on any atom is 2.00 e. The van der Waals surface area contributed by atoms with Crippen molar-refractivity contribution in [2.45, 2.75) is 40.5 Å². The number of phenolic OH excluding ortho intramolecular Hbond substituents is 2. The van der Waals surface area contributed by atoms with Crippen molar-refractivity contribution in [3.8, 4) is 11.5 Å². The summed E-state index contributed by atoms with van der Waals surface area (Å²) in [5, 5.41) is 18.6. The molecular weight excluding hydrogens is 506 g/mol. The van der Waals surface area contributed by atoms with Gasteiger partial charge in [0.05, 0.1) is 0 Å². The van der Waals surface area contributed by atoms with Gasteiger partial charge in [0, 0.05) is 10.0 Å². The van der Waals surface area contributed by atoms with E-state index in [-0.39, 0.29) is 37.7 Å². The van der Waals surface area contributed by atoms with Crippen LogP contribution in [0.4, 0.5) is 0 Å². The van der Waals surface area contributed by atoms with E-state index < -0.39 is 0 Å². The van der Waals surface area contributed by atoms with Gasteiger partial charge in [-0.05, 0) is 36.4 Å². The maximum atomic E-state index is 8.73. The Morgan fingerprint density at radius 2 is 1.03 bits per heavy atom. The van der Waals surface area contributed by atoms with Crippen LogP contribution in [0.15, 0.2) is 83.0 Å². The summed E-state index contributed by atoms with van der Waals surface area (Å²) in [6, 6.07) is 12.9. The summed E-state index contributed by atoms with van der Waals surface area (Å²) < 4.78 is 0. The normalized spacial score (nSPS) is 13.4. The van der Waals surface area contributed by atoms with E-state index in [0.29, 0.717) is 10.0 Å². The first-order valence-corrected chi connectivity index (χ1v) is 10.3. The van der Waals surface area contributed by atoms with E-state index in [2.05, 4.69) is 52.0 Å². The fraction of sp³-hybridized carbons (Fsp3) is 0.231. The number of hydrogen-bond acceptors (Lipinski definition) is 2. The minimum Gasteiger partial charge on any atom is -0.508 e. The van der Waals surface area contributed by atoms with Crippen molar-refractivity contribution in [1.82, 2.24) is 0 Å². The molecule has 2 aliphatic rings. The molecule has 0 fully saturated rings. The molecule has 2 aromatic carbocycles. The van der Waals surface area contributed by atoms with Crippen LogP contribution in [-0.4, -0.2) is 10.2 Å². The van der Waals surface area contributed by atoms with Gasteiger partial charge < -0.3 is 10.2 Å².